The van der Waals surface area contributed by atoms with Crippen LogP contribution in [0.4, 0.5) is 0 Å². The van der Waals surface area contributed by atoms with Gasteiger partial charge < -0.3 is 79.3 Å². The molecule has 2 amide bonds. The number of hydrogen-bond acceptors (Lipinski definition) is 20. The monoisotopic (exact) mass is 1590 g/mol. The molecule has 2 rings (SSSR count). The summed E-state index contributed by atoms with van der Waals surface area (Å²) in [5.41, 5.74) is 0. The summed E-state index contributed by atoms with van der Waals surface area (Å²) in [6, 6.07) is -3.60. The number of phosphoric ester groups is 1. The summed E-state index contributed by atoms with van der Waals surface area (Å²) in [6.07, 6.45) is 24.4. The molecule has 0 aromatic rings. The van der Waals surface area contributed by atoms with E-state index in [1.54, 1.807) is 0 Å². The van der Waals surface area contributed by atoms with E-state index in [-0.39, 0.29) is 32.1 Å². The number of ether oxygens (including phenoxy) is 6. The number of amides is 2. The quantitative estimate of drug-likeness (QED) is 0.0117. The number of carbonyl (C=O) groups excluding carboxylic acids is 5. The average Bonchev–Trinajstić information content (AvgIpc) is 0.781. The van der Waals surface area contributed by atoms with E-state index < -0.39 is 170 Å². The highest BCUT2D eigenvalue weighted by atomic mass is 31.2. The van der Waals surface area contributed by atoms with Crippen LogP contribution in [0, 0.1) is 0 Å². The Bertz CT molecular complexity index is 2370. The van der Waals surface area contributed by atoms with Crippen molar-refractivity contribution in [3.63, 3.8) is 0 Å². The number of unbranched alkanes of at least 4 members (excludes halogenated alkanes) is 40. The molecule has 2 aliphatic heterocycles. The zero-order chi connectivity index (χ0) is 79.6. The summed E-state index contributed by atoms with van der Waals surface area (Å²) in [5, 5.41) is 62.3. The van der Waals surface area contributed by atoms with Crippen molar-refractivity contribution in [2.45, 2.75) is 467 Å². The van der Waals surface area contributed by atoms with Crippen molar-refractivity contribution in [2.75, 3.05) is 19.9 Å². The minimum Gasteiger partial charge on any atom is -0.462 e. The van der Waals surface area contributed by atoms with Gasteiger partial charge in [-0.1, -0.05) is 311 Å². The molecular weight excluding hydrogens is 1430 g/mol. The molecule has 0 spiro atoms. The van der Waals surface area contributed by atoms with Gasteiger partial charge in [0.15, 0.2) is 24.8 Å². The Labute approximate surface area is 650 Å². The molecule has 2 heterocycles. The van der Waals surface area contributed by atoms with E-state index in [1.165, 1.54) is 57.8 Å². The van der Waals surface area contributed by atoms with Crippen molar-refractivity contribution in [3.8, 4) is 0 Å². The Hall–Kier alpha value is -2.71. The predicted molar refractivity (Wildman–Crippen MR) is 419 cm³/mol. The maximum absolute atomic E-state index is 14.7. The summed E-state index contributed by atoms with van der Waals surface area (Å²) >= 11 is 0. The van der Waals surface area contributed by atoms with Crippen LogP contribution in [-0.4, -0.2) is 176 Å². The topological polar surface area (TPSA) is 379 Å². The summed E-state index contributed by atoms with van der Waals surface area (Å²) in [4.78, 5) is 102. The molecule has 27 heteroatoms. The number of phosphoric acid groups is 1. The zero-order valence-electron chi connectivity index (χ0n) is 67.8. The molecule has 0 aliphatic carbocycles. The molecule has 2 saturated heterocycles. The van der Waals surface area contributed by atoms with E-state index in [2.05, 4.69) is 45.3 Å². The van der Waals surface area contributed by atoms with Crippen LogP contribution in [0.25, 0.3) is 0 Å². The molecule has 2 fully saturated rings. The Balaban J connectivity index is 2.68. The number of esters is 3. The van der Waals surface area contributed by atoms with Gasteiger partial charge in [-0.05, 0) is 38.5 Å². The molecule has 636 valence electrons. The van der Waals surface area contributed by atoms with Gasteiger partial charge in [0.05, 0.1) is 57.2 Å². The van der Waals surface area contributed by atoms with Crippen LogP contribution < -0.4 is 10.6 Å². The lowest BCUT2D eigenvalue weighted by molar-refractivity contribution is -0.296. The number of carbonyl (C=O) groups is 5. The average molecular weight is 1590 g/mol. The maximum Gasteiger partial charge on any atom is 0.470 e. The molecule has 0 aromatic carbocycles. The molecular formula is C81H154N2O23P2. The van der Waals surface area contributed by atoms with Crippen molar-refractivity contribution in [1.82, 2.24) is 10.6 Å². The van der Waals surface area contributed by atoms with Crippen molar-refractivity contribution >= 4 is 45.1 Å². The molecule has 0 radical (unpaired) electrons. The molecule has 108 heavy (non-hydrogen) atoms. The van der Waals surface area contributed by atoms with E-state index in [4.69, 9.17) is 37.5 Å². The van der Waals surface area contributed by atoms with Crippen LogP contribution >= 0.6 is 15.4 Å². The number of rotatable bonds is 71. The van der Waals surface area contributed by atoms with Gasteiger partial charge in [-0.15, -0.1) is 0 Å². The van der Waals surface area contributed by atoms with E-state index in [0.717, 1.165) is 206 Å². The number of nitrogens with one attached hydrogen (secondary N) is 2. The fourth-order valence-corrected chi connectivity index (χ4v) is 15.5. The Kier molecular flexibility index (Phi) is 59.7. The van der Waals surface area contributed by atoms with Crippen molar-refractivity contribution < 1.29 is 111 Å². The third-order valence-corrected chi connectivity index (χ3v) is 21.8. The standard InChI is InChI=1S/C81H154N2O23P2/c1-7-12-17-22-27-32-37-42-47-52-63(85)57-69(88)82-74-78(103-72(91)59-65(87)54-49-44-39-34-29-24-19-14-9-3)76(93)68(102-81(74)106-107(6,94)95)62-99-80-75(83-70(89)58-64(86)53-48-43-38-33-28-23-18-13-8-2)79(77(67(61-84)101-80)105-108(96,97)98)104-73(92)60-66(55-50-45-40-35-30-25-20-15-10-4)100-71(90)56-51-46-41-36-31-26-21-16-11-5/h63-68,74-81,84-87,93H,7-62H2,1-6H3,(H,82,88)(H,83,89)(H,94,95)(H2,96,97,98)/t63?,64?,65?,66?,67?,68?,74?,75?,76-,77-,78-,79-,80-,81?/m1/s1. The molecule has 0 saturated carbocycles. The van der Waals surface area contributed by atoms with Gasteiger partial charge in [-0.3, -0.25) is 37.6 Å². The Morgan fingerprint density at radius 3 is 1.11 bits per heavy atom. The first-order valence-corrected chi connectivity index (χ1v) is 46.6. The SMILES string of the molecule is CCCCCCCCCCCC(=O)OC(CCCCCCCCCCC)CC(=O)O[C@@H]1C(NC(=O)CC(O)CCCCCCCCCCC)[C@H](OCC2OC(OP(C)(=O)O)C(NC(=O)CC(O)CCCCCCCCCCC)[C@@H](OC(=O)CC(O)CCCCCCCCCCC)[C@@H]2O)OC(CO)[C@H]1OP(=O)(O)O. The summed E-state index contributed by atoms with van der Waals surface area (Å²) in [6.45, 7) is 9.68. The second-order valence-electron chi connectivity index (χ2n) is 31.1. The third-order valence-electron chi connectivity index (χ3n) is 20.6. The van der Waals surface area contributed by atoms with Gasteiger partial charge in [0, 0.05) is 13.1 Å². The summed E-state index contributed by atoms with van der Waals surface area (Å²) < 4.78 is 74.0. The highest BCUT2D eigenvalue weighted by Crippen LogP contribution is 2.44. The molecule has 10 unspecified atom stereocenters. The van der Waals surface area contributed by atoms with Gasteiger partial charge in [-0.25, -0.2) is 4.57 Å². The van der Waals surface area contributed by atoms with Gasteiger partial charge in [0.2, 0.25) is 11.8 Å². The van der Waals surface area contributed by atoms with E-state index in [0.29, 0.717) is 32.1 Å². The van der Waals surface area contributed by atoms with Crippen LogP contribution in [0.15, 0.2) is 0 Å². The highest BCUT2D eigenvalue weighted by molar-refractivity contribution is 7.51. The second kappa shape index (κ2) is 63.6. The van der Waals surface area contributed by atoms with Gasteiger partial charge in [-0.2, -0.15) is 0 Å². The molecule has 15 atom stereocenters. The lowest BCUT2D eigenvalue weighted by Gasteiger charge is -2.47. The number of aliphatic hydroxyl groups is 5. The lowest BCUT2D eigenvalue weighted by Crippen LogP contribution is -2.68. The zero-order valence-corrected chi connectivity index (χ0v) is 69.6. The predicted octanol–water partition coefficient (Wildman–Crippen LogP) is 16.1. The van der Waals surface area contributed by atoms with Crippen LogP contribution in [0.3, 0.4) is 0 Å². The lowest BCUT2D eigenvalue weighted by atomic mass is 9.95. The smallest absolute Gasteiger partial charge is 0.462 e. The normalized spacial score (nSPS) is 22.1. The van der Waals surface area contributed by atoms with Crippen LogP contribution in [0.5, 0.6) is 0 Å². The summed E-state index contributed by atoms with van der Waals surface area (Å²) in [7, 11) is -10.3. The summed E-state index contributed by atoms with van der Waals surface area (Å²) in [5.74, 6) is -4.32. The number of aliphatic hydroxyl groups excluding tert-OH is 5. The van der Waals surface area contributed by atoms with Gasteiger partial charge >= 0.3 is 33.3 Å². The van der Waals surface area contributed by atoms with Crippen molar-refractivity contribution in [3.05, 3.63) is 0 Å². The first-order chi connectivity index (χ1) is 51.9. The van der Waals surface area contributed by atoms with E-state index in [1.807, 2.05) is 0 Å². The van der Waals surface area contributed by atoms with Crippen molar-refractivity contribution in [1.29, 1.82) is 0 Å². The molecule has 10 N–H and O–H groups in total. The minimum absolute atomic E-state index is 0.0995. The highest BCUT2D eigenvalue weighted by Gasteiger charge is 2.55. The molecule has 2 aliphatic rings. The van der Waals surface area contributed by atoms with Crippen LogP contribution in [-0.2, 0) is 70.6 Å². The first-order valence-electron chi connectivity index (χ1n) is 43.0. The molecule has 0 bridgehead atoms. The van der Waals surface area contributed by atoms with Gasteiger partial charge in [0.1, 0.15) is 42.6 Å². The second-order valence-corrected chi connectivity index (χ2v) is 34.1. The maximum atomic E-state index is 14.7. The molecule has 0 aromatic heterocycles. The largest absolute Gasteiger partial charge is 0.470 e. The van der Waals surface area contributed by atoms with E-state index in [9.17, 15) is 73.3 Å². The molecule has 25 nitrogen and oxygen atoms in total. The van der Waals surface area contributed by atoms with Crippen molar-refractivity contribution in [2.24, 2.45) is 0 Å². The van der Waals surface area contributed by atoms with Gasteiger partial charge in [0.25, 0.3) is 0 Å². The van der Waals surface area contributed by atoms with E-state index >= 15 is 0 Å². The third kappa shape index (κ3) is 51.2. The first kappa shape index (κ1) is 101. The van der Waals surface area contributed by atoms with Crippen LogP contribution in [0.2, 0.25) is 0 Å². The Morgan fingerprint density at radius 2 is 0.731 bits per heavy atom. The fraction of sp³-hybridized carbons (Fsp3) is 0.938. The number of hydrogen-bond donors (Lipinski definition) is 10. The Morgan fingerprint density at radius 1 is 0.398 bits per heavy atom. The van der Waals surface area contributed by atoms with Crippen LogP contribution in [0.1, 0.15) is 381 Å². The minimum atomic E-state index is -5.61. The fourth-order valence-electron chi connectivity index (χ4n) is 14.4.